The second kappa shape index (κ2) is 4.04. The van der Waals surface area contributed by atoms with E-state index in [-0.39, 0.29) is 5.88 Å². The lowest BCUT2D eigenvalue weighted by Gasteiger charge is -2.06. The van der Waals surface area contributed by atoms with Crippen LogP contribution in [0.1, 0.15) is 11.8 Å². The molecule has 60 valence electrons. The van der Waals surface area contributed by atoms with Crippen molar-refractivity contribution in [1.82, 2.24) is 4.98 Å². The summed E-state index contributed by atoms with van der Waals surface area (Å²) >= 11 is 8.70. The molecule has 0 aromatic carbocycles. The summed E-state index contributed by atoms with van der Waals surface area (Å²) in [6, 6.07) is 3.60. The zero-order chi connectivity index (χ0) is 8.27. The number of halogens is 2. The van der Waals surface area contributed by atoms with Gasteiger partial charge in [0.05, 0.1) is 11.6 Å². The molecule has 0 spiro atoms. The Hall–Kier alpha value is -0.120. The molecule has 1 atom stereocenters. The predicted octanol–water partition coefficient (Wildman–Crippen LogP) is 2.12. The number of hydrogen-bond acceptors (Lipinski definition) is 2. The number of rotatable bonds is 2. The fraction of sp³-hybridized carbons (Fsp3) is 0.286. The van der Waals surface area contributed by atoms with Crippen LogP contribution in [0.3, 0.4) is 0 Å². The second-order valence-corrected chi connectivity index (χ2v) is 3.20. The van der Waals surface area contributed by atoms with Crippen LogP contribution in [-0.4, -0.2) is 16.0 Å². The van der Waals surface area contributed by atoms with Crippen molar-refractivity contribution in [3.8, 4) is 0 Å². The fourth-order valence-corrected chi connectivity index (χ4v) is 1.38. The summed E-state index contributed by atoms with van der Waals surface area (Å²) in [5.74, 6) is 0.162. The molecular formula is C7H7BrClNO. The molecule has 2 nitrogen and oxygen atoms in total. The highest BCUT2D eigenvalue weighted by molar-refractivity contribution is 9.10. The fourth-order valence-electron chi connectivity index (χ4n) is 0.716. The Kier molecular flexibility index (Phi) is 3.30. The monoisotopic (exact) mass is 235 g/mol. The van der Waals surface area contributed by atoms with Gasteiger partial charge >= 0.3 is 0 Å². The van der Waals surface area contributed by atoms with Crippen LogP contribution in [0.25, 0.3) is 0 Å². The quantitative estimate of drug-likeness (QED) is 0.798. The SMILES string of the molecule is OC(CCl)c1ncccc1Br. The Bertz CT molecular complexity index is 244. The highest BCUT2D eigenvalue weighted by atomic mass is 79.9. The summed E-state index contributed by atoms with van der Waals surface area (Å²) in [5, 5.41) is 9.29. The molecule has 11 heavy (non-hydrogen) atoms. The number of aliphatic hydroxyl groups is 1. The summed E-state index contributed by atoms with van der Waals surface area (Å²) in [6.45, 7) is 0. The van der Waals surface area contributed by atoms with Crippen LogP contribution in [0.5, 0.6) is 0 Å². The van der Waals surface area contributed by atoms with E-state index in [1.165, 1.54) is 0 Å². The van der Waals surface area contributed by atoms with Crippen molar-refractivity contribution in [2.75, 3.05) is 5.88 Å². The summed E-state index contributed by atoms with van der Waals surface area (Å²) in [4.78, 5) is 3.97. The molecule has 1 aromatic heterocycles. The smallest absolute Gasteiger partial charge is 0.111 e. The molecule has 0 saturated carbocycles. The molecule has 4 heteroatoms. The molecular weight excluding hydrogens is 229 g/mol. The van der Waals surface area contributed by atoms with Gasteiger partial charge in [-0.1, -0.05) is 0 Å². The van der Waals surface area contributed by atoms with Crippen LogP contribution < -0.4 is 0 Å². The Morgan fingerprint density at radius 2 is 2.45 bits per heavy atom. The van der Waals surface area contributed by atoms with E-state index in [9.17, 15) is 5.11 Å². The highest BCUT2D eigenvalue weighted by Crippen LogP contribution is 2.20. The van der Waals surface area contributed by atoms with E-state index in [0.29, 0.717) is 5.69 Å². The maximum absolute atomic E-state index is 9.29. The molecule has 1 unspecified atom stereocenters. The number of nitrogens with zero attached hydrogens (tertiary/aromatic N) is 1. The average Bonchev–Trinajstić information content (AvgIpc) is 2.04. The van der Waals surface area contributed by atoms with Crippen molar-refractivity contribution in [1.29, 1.82) is 0 Å². The van der Waals surface area contributed by atoms with Gasteiger partial charge in [0.1, 0.15) is 6.10 Å². The van der Waals surface area contributed by atoms with E-state index < -0.39 is 6.10 Å². The molecule has 0 aliphatic rings. The van der Waals surface area contributed by atoms with Gasteiger partial charge in [-0.05, 0) is 28.1 Å². The van der Waals surface area contributed by atoms with Gasteiger partial charge in [0, 0.05) is 10.7 Å². The van der Waals surface area contributed by atoms with Crippen molar-refractivity contribution in [2.24, 2.45) is 0 Å². The Balaban J connectivity index is 2.93. The third-order valence-electron chi connectivity index (χ3n) is 1.25. The normalized spacial score (nSPS) is 13.0. The number of hydrogen-bond donors (Lipinski definition) is 1. The van der Waals surface area contributed by atoms with Gasteiger partial charge < -0.3 is 5.11 Å². The van der Waals surface area contributed by atoms with Gasteiger partial charge in [0.25, 0.3) is 0 Å². The first-order chi connectivity index (χ1) is 5.25. The van der Waals surface area contributed by atoms with Crippen LogP contribution >= 0.6 is 27.5 Å². The van der Waals surface area contributed by atoms with Crippen LogP contribution in [0.4, 0.5) is 0 Å². The molecule has 1 heterocycles. The molecule has 1 rings (SSSR count). The molecule has 1 aromatic rings. The summed E-state index contributed by atoms with van der Waals surface area (Å²) in [5.41, 5.74) is 0.586. The minimum atomic E-state index is -0.688. The van der Waals surface area contributed by atoms with Gasteiger partial charge in [0.15, 0.2) is 0 Å². The van der Waals surface area contributed by atoms with Crippen LogP contribution in [0, 0.1) is 0 Å². The maximum atomic E-state index is 9.29. The number of alkyl halides is 1. The molecule has 0 aliphatic heterocycles. The summed E-state index contributed by atoms with van der Waals surface area (Å²) in [6.07, 6.45) is 0.933. The molecule has 1 N–H and O–H groups in total. The first kappa shape index (κ1) is 8.97. The highest BCUT2D eigenvalue weighted by Gasteiger charge is 2.09. The van der Waals surface area contributed by atoms with E-state index in [1.807, 2.05) is 6.07 Å². The lowest BCUT2D eigenvalue weighted by molar-refractivity contribution is 0.197. The minimum absolute atomic E-state index is 0.162. The zero-order valence-corrected chi connectivity index (χ0v) is 8.01. The summed E-state index contributed by atoms with van der Waals surface area (Å²) in [7, 11) is 0. The third-order valence-corrected chi connectivity index (χ3v) is 2.21. The zero-order valence-electron chi connectivity index (χ0n) is 5.67. The van der Waals surface area contributed by atoms with Gasteiger partial charge in [-0.15, -0.1) is 11.6 Å². The molecule has 0 saturated heterocycles. The van der Waals surface area contributed by atoms with Gasteiger partial charge in [-0.3, -0.25) is 4.98 Å². The first-order valence-corrected chi connectivity index (χ1v) is 4.43. The Morgan fingerprint density at radius 3 is 3.00 bits per heavy atom. The first-order valence-electron chi connectivity index (χ1n) is 3.10. The standard InChI is InChI=1S/C7H7BrClNO/c8-5-2-1-3-10-7(5)6(11)4-9/h1-3,6,11H,4H2. The van der Waals surface area contributed by atoms with Gasteiger partial charge in [-0.2, -0.15) is 0 Å². The molecule has 0 amide bonds. The molecule has 0 bridgehead atoms. The lowest BCUT2D eigenvalue weighted by Crippen LogP contribution is -2.01. The van der Waals surface area contributed by atoms with E-state index in [0.717, 1.165) is 4.47 Å². The van der Waals surface area contributed by atoms with Gasteiger partial charge in [0.2, 0.25) is 0 Å². The Labute approximate surface area is 78.3 Å². The van der Waals surface area contributed by atoms with Crippen molar-refractivity contribution in [3.05, 3.63) is 28.5 Å². The van der Waals surface area contributed by atoms with Gasteiger partial charge in [-0.25, -0.2) is 0 Å². The van der Waals surface area contributed by atoms with Crippen molar-refractivity contribution in [2.45, 2.75) is 6.10 Å². The van der Waals surface area contributed by atoms with Crippen molar-refractivity contribution >= 4 is 27.5 Å². The lowest BCUT2D eigenvalue weighted by atomic mass is 10.2. The Morgan fingerprint density at radius 1 is 1.73 bits per heavy atom. The van der Waals surface area contributed by atoms with E-state index in [1.54, 1.807) is 12.3 Å². The second-order valence-electron chi connectivity index (χ2n) is 2.04. The number of pyridine rings is 1. The number of aromatic nitrogens is 1. The van der Waals surface area contributed by atoms with E-state index in [4.69, 9.17) is 11.6 Å². The van der Waals surface area contributed by atoms with Crippen molar-refractivity contribution < 1.29 is 5.11 Å². The molecule has 0 radical (unpaired) electrons. The van der Waals surface area contributed by atoms with E-state index >= 15 is 0 Å². The number of aliphatic hydroxyl groups excluding tert-OH is 1. The summed E-state index contributed by atoms with van der Waals surface area (Å²) < 4.78 is 0.785. The largest absolute Gasteiger partial charge is 0.386 e. The predicted molar refractivity (Wildman–Crippen MR) is 47.6 cm³/mol. The molecule has 0 aliphatic carbocycles. The maximum Gasteiger partial charge on any atom is 0.111 e. The molecule has 0 fully saturated rings. The topological polar surface area (TPSA) is 33.1 Å². The average molecular weight is 236 g/mol. The van der Waals surface area contributed by atoms with Crippen LogP contribution in [0.15, 0.2) is 22.8 Å². The minimum Gasteiger partial charge on any atom is -0.386 e. The van der Waals surface area contributed by atoms with E-state index in [2.05, 4.69) is 20.9 Å². The van der Waals surface area contributed by atoms with Crippen molar-refractivity contribution in [3.63, 3.8) is 0 Å². The van der Waals surface area contributed by atoms with Crippen LogP contribution in [0.2, 0.25) is 0 Å². The third kappa shape index (κ3) is 2.15. The van der Waals surface area contributed by atoms with Crippen LogP contribution in [-0.2, 0) is 0 Å².